The smallest absolute Gasteiger partial charge is 0.269 e. The molecule has 0 aliphatic carbocycles. The maximum Gasteiger partial charge on any atom is 0.269 e. The zero-order chi connectivity index (χ0) is 16.7. The zero-order valence-corrected chi connectivity index (χ0v) is 14.1. The Labute approximate surface area is 145 Å². The van der Waals surface area contributed by atoms with Crippen LogP contribution in [0.1, 0.15) is 16.9 Å². The summed E-state index contributed by atoms with van der Waals surface area (Å²) in [7, 11) is 1.63. The van der Waals surface area contributed by atoms with E-state index in [0.29, 0.717) is 28.9 Å². The number of pyridine rings is 1. The molecule has 23 heavy (non-hydrogen) atoms. The summed E-state index contributed by atoms with van der Waals surface area (Å²) in [5.41, 5.74) is 1.84. The van der Waals surface area contributed by atoms with Crippen LogP contribution in [0.5, 0.6) is 0 Å². The van der Waals surface area contributed by atoms with Gasteiger partial charge in [0.2, 0.25) is 0 Å². The Morgan fingerprint density at radius 2 is 1.91 bits per heavy atom. The molecule has 2 N–H and O–H groups in total. The van der Waals surface area contributed by atoms with Crippen LogP contribution in [0.2, 0.25) is 10.0 Å². The van der Waals surface area contributed by atoms with E-state index in [4.69, 9.17) is 27.9 Å². The van der Waals surface area contributed by atoms with E-state index in [0.717, 1.165) is 17.8 Å². The van der Waals surface area contributed by atoms with Crippen molar-refractivity contribution in [2.24, 2.45) is 0 Å². The maximum atomic E-state index is 11.9. The van der Waals surface area contributed by atoms with E-state index in [1.807, 2.05) is 0 Å². The molecule has 0 fully saturated rings. The van der Waals surface area contributed by atoms with Crippen LogP contribution in [0.4, 0.5) is 11.4 Å². The molecular formula is C16H17Cl2N3O2. The summed E-state index contributed by atoms with van der Waals surface area (Å²) < 4.78 is 4.92. The third kappa shape index (κ3) is 5.71. The first-order valence-corrected chi connectivity index (χ1v) is 7.80. The number of amides is 1. The first kappa shape index (κ1) is 17.5. The molecule has 1 aromatic heterocycles. The van der Waals surface area contributed by atoms with E-state index in [9.17, 15) is 4.79 Å². The van der Waals surface area contributed by atoms with Crippen LogP contribution in [0, 0.1) is 0 Å². The number of benzene rings is 1. The minimum atomic E-state index is -0.210. The van der Waals surface area contributed by atoms with E-state index in [1.165, 1.54) is 0 Å². The molecule has 0 bridgehead atoms. The Hall–Kier alpha value is -1.82. The maximum absolute atomic E-state index is 11.9. The predicted molar refractivity (Wildman–Crippen MR) is 92.8 cm³/mol. The van der Waals surface area contributed by atoms with Crippen molar-refractivity contribution in [2.75, 3.05) is 25.6 Å². The Balaban J connectivity index is 1.95. The number of anilines is 2. The fraction of sp³-hybridized carbons (Fsp3) is 0.250. The molecule has 5 nitrogen and oxygen atoms in total. The molecule has 0 saturated carbocycles. The van der Waals surface area contributed by atoms with E-state index < -0.39 is 0 Å². The topological polar surface area (TPSA) is 63.2 Å². The number of carbonyl (C=O) groups excluding carboxylic acids is 1. The first-order chi connectivity index (χ1) is 11.1. The van der Waals surface area contributed by atoms with Gasteiger partial charge in [-0.3, -0.25) is 4.79 Å². The van der Waals surface area contributed by atoms with E-state index in [2.05, 4.69) is 15.6 Å². The van der Waals surface area contributed by atoms with E-state index in [1.54, 1.807) is 43.6 Å². The van der Waals surface area contributed by atoms with Gasteiger partial charge in [0.1, 0.15) is 5.69 Å². The van der Waals surface area contributed by atoms with Crippen molar-refractivity contribution >= 4 is 40.5 Å². The normalized spacial score (nSPS) is 10.4. The van der Waals surface area contributed by atoms with Gasteiger partial charge >= 0.3 is 0 Å². The second-order valence-corrected chi connectivity index (χ2v) is 5.69. The second kappa shape index (κ2) is 8.72. The lowest BCUT2D eigenvalue weighted by Gasteiger charge is -2.08. The van der Waals surface area contributed by atoms with E-state index in [-0.39, 0.29) is 5.91 Å². The van der Waals surface area contributed by atoms with Gasteiger partial charge in [-0.15, -0.1) is 0 Å². The highest BCUT2D eigenvalue weighted by molar-refractivity contribution is 6.35. The van der Waals surface area contributed by atoms with Gasteiger partial charge in [-0.2, -0.15) is 0 Å². The Morgan fingerprint density at radius 3 is 2.52 bits per heavy atom. The van der Waals surface area contributed by atoms with Gasteiger partial charge in [0.25, 0.3) is 5.91 Å². The van der Waals surface area contributed by atoms with Crippen molar-refractivity contribution in [3.05, 3.63) is 52.3 Å². The fourth-order valence-electron chi connectivity index (χ4n) is 1.90. The van der Waals surface area contributed by atoms with Gasteiger partial charge in [0.15, 0.2) is 0 Å². The summed E-state index contributed by atoms with van der Waals surface area (Å²) in [6, 6.07) is 8.59. The number of hydrogen-bond acceptors (Lipinski definition) is 4. The molecule has 2 rings (SSSR count). The van der Waals surface area contributed by atoms with Crippen molar-refractivity contribution in [3.63, 3.8) is 0 Å². The Morgan fingerprint density at radius 1 is 1.17 bits per heavy atom. The van der Waals surface area contributed by atoms with Gasteiger partial charge in [0, 0.05) is 36.0 Å². The van der Waals surface area contributed by atoms with E-state index >= 15 is 0 Å². The molecule has 0 atom stereocenters. The molecule has 1 amide bonds. The lowest BCUT2D eigenvalue weighted by molar-refractivity contribution is 0.0943. The molecule has 7 heteroatoms. The summed E-state index contributed by atoms with van der Waals surface area (Å²) in [4.78, 5) is 16.0. The van der Waals surface area contributed by atoms with Crippen LogP contribution in [0.25, 0.3) is 0 Å². The summed E-state index contributed by atoms with van der Waals surface area (Å²) in [6.45, 7) is 1.16. The number of ether oxygens (including phenoxy) is 1. The van der Waals surface area contributed by atoms with Gasteiger partial charge < -0.3 is 15.4 Å². The molecule has 1 heterocycles. The number of aromatic nitrogens is 1. The molecular weight excluding hydrogens is 337 g/mol. The quantitative estimate of drug-likeness (QED) is 0.741. The van der Waals surface area contributed by atoms with Gasteiger partial charge in [-0.05, 0) is 36.8 Å². The second-order valence-electron chi connectivity index (χ2n) is 4.82. The minimum absolute atomic E-state index is 0.210. The van der Waals surface area contributed by atoms with Crippen molar-refractivity contribution in [1.29, 1.82) is 0 Å². The summed E-state index contributed by atoms with van der Waals surface area (Å²) >= 11 is 11.9. The van der Waals surface area contributed by atoms with Crippen molar-refractivity contribution in [2.45, 2.75) is 6.42 Å². The van der Waals surface area contributed by atoms with Gasteiger partial charge in [-0.1, -0.05) is 23.2 Å². The summed E-state index contributed by atoms with van der Waals surface area (Å²) in [5, 5.41) is 7.00. The standard InChI is InChI=1S/C16H17Cl2N3O2/c1-23-6-2-5-19-16(22)15-4-3-13(10-20-15)21-14-8-11(17)7-12(18)9-14/h3-4,7-10,21H,2,5-6H2,1H3,(H,19,22). The average molecular weight is 354 g/mol. The zero-order valence-electron chi connectivity index (χ0n) is 12.6. The van der Waals surface area contributed by atoms with Crippen LogP contribution in [-0.4, -0.2) is 31.2 Å². The molecule has 0 aliphatic rings. The van der Waals surface area contributed by atoms with Crippen molar-refractivity contribution in [1.82, 2.24) is 10.3 Å². The van der Waals surface area contributed by atoms with Crippen LogP contribution in [0.3, 0.4) is 0 Å². The number of halogens is 2. The van der Waals surface area contributed by atoms with Crippen LogP contribution in [-0.2, 0) is 4.74 Å². The SMILES string of the molecule is COCCCNC(=O)c1ccc(Nc2cc(Cl)cc(Cl)c2)cn1. The molecule has 0 radical (unpaired) electrons. The highest BCUT2D eigenvalue weighted by atomic mass is 35.5. The number of methoxy groups -OCH3 is 1. The predicted octanol–water partition coefficient (Wildman–Crippen LogP) is 3.90. The highest BCUT2D eigenvalue weighted by Crippen LogP contribution is 2.25. The molecule has 1 aromatic carbocycles. The van der Waals surface area contributed by atoms with Crippen LogP contribution < -0.4 is 10.6 Å². The monoisotopic (exact) mass is 353 g/mol. The third-order valence-electron chi connectivity index (χ3n) is 2.96. The number of nitrogens with zero attached hydrogens (tertiary/aromatic N) is 1. The Bertz CT molecular complexity index is 643. The highest BCUT2D eigenvalue weighted by Gasteiger charge is 2.06. The Kier molecular flexibility index (Phi) is 6.65. The van der Waals surface area contributed by atoms with Gasteiger partial charge in [-0.25, -0.2) is 4.98 Å². The molecule has 0 saturated heterocycles. The lowest BCUT2D eigenvalue weighted by Crippen LogP contribution is -2.26. The van der Waals surface area contributed by atoms with Crippen LogP contribution >= 0.6 is 23.2 Å². The van der Waals surface area contributed by atoms with Crippen LogP contribution in [0.15, 0.2) is 36.5 Å². The number of nitrogens with one attached hydrogen (secondary N) is 2. The molecule has 0 spiro atoms. The lowest BCUT2D eigenvalue weighted by atomic mass is 10.2. The largest absolute Gasteiger partial charge is 0.385 e. The molecule has 2 aromatic rings. The van der Waals surface area contributed by atoms with Crippen molar-refractivity contribution < 1.29 is 9.53 Å². The summed E-state index contributed by atoms with van der Waals surface area (Å²) in [5.74, 6) is -0.210. The fourth-order valence-corrected chi connectivity index (χ4v) is 2.43. The number of hydrogen-bond donors (Lipinski definition) is 2. The van der Waals surface area contributed by atoms with Crippen molar-refractivity contribution in [3.8, 4) is 0 Å². The third-order valence-corrected chi connectivity index (χ3v) is 3.39. The molecule has 0 aliphatic heterocycles. The average Bonchev–Trinajstić information content (AvgIpc) is 2.51. The first-order valence-electron chi connectivity index (χ1n) is 7.05. The number of rotatable bonds is 7. The minimum Gasteiger partial charge on any atom is -0.385 e. The molecule has 122 valence electrons. The number of carbonyl (C=O) groups is 1. The molecule has 0 unspecified atom stereocenters. The van der Waals surface area contributed by atoms with Gasteiger partial charge in [0.05, 0.1) is 11.9 Å². The summed E-state index contributed by atoms with van der Waals surface area (Å²) in [6.07, 6.45) is 2.34.